The summed E-state index contributed by atoms with van der Waals surface area (Å²) in [5.74, 6) is 0. The fraction of sp³-hybridized carbons (Fsp3) is 0.0750. The van der Waals surface area contributed by atoms with Gasteiger partial charge in [-0.1, -0.05) is 30.3 Å². The number of rotatable bonds is 7. The van der Waals surface area contributed by atoms with E-state index in [0.29, 0.717) is 44.8 Å². The second kappa shape index (κ2) is 12.9. The first-order valence-corrected chi connectivity index (χ1v) is 18.1. The minimum atomic E-state index is -4.60. The van der Waals surface area contributed by atoms with E-state index in [2.05, 4.69) is 9.97 Å². The smallest absolute Gasteiger partial charge is 0.389 e. The molecule has 4 nitrogen and oxygen atoms in total. The Morgan fingerprint density at radius 3 is 1.85 bits per heavy atom. The quantitative estimate of drug-likeness (QED) is 0.121. The summed E-state index contributed by atoms with van der Waals surface area (Å²) >= 11 is 2.88. The van der Waals surface area contributed by atoms with Crippen LogP contribution in [-0.4, -0.2) is 31.6 Å². The Hall–Kier alpha value is -5.46. The molecule has 0 N–H and O–H groups in total. The van der Waals surface area contributed by atoms with Crippen molar-refractivity contribution < 1.29 is 26.3 Å². The minimum absolute atomic E-state index is 0.262. The molecule has 0 bridgehead atoms. The number of benzene rings is 1. The van der Waals surface area contributed by atoms with Crippen LogP contribution in [0.25, 0.3) is 39.8 Å². The standard InChI is InChI=1S/C40H28BF5N4S2/c1-25-35(33-5-3-23-51-33)31(13-7-27-15-19-47-20-16-27)49-38(25)37(29-9-11-30(12-10-29)40(42,43)44)39-26(2)36(34-6-4-24-52-34)32(50(39)41(49,45)46)14-8-28-17-21-48-22-18-28/h3-24H,1-2H3/b13-7+,14-8+. The van der Waals surface area contributed by atoms with Gasteiger partial charge in [-0.3, -0.25) is 9.97 Å². The van der Waals surface area contributed by atoms with Crippen molar-refractivity contribution in [3.63, 3.8) is 0 Å². The Balaban J connectivity index is 1.50. The molecule has 0 unspecified atom stereocenters. The SMILES string of the molecule is CC1=C(c2cccs2)C(/C=C/c2ccncc2)=[N+]2C1=C(c1ccc(C(F)(F)F)cc1)c1c(C)c(-c3cccs3)c(/C=C/c3ccncc3)n1[B-]2(F)F. The summed E-state index contributed by atoms with van der Waals surface area (Å²) < 4.78 is 79.8. The molecule has 0 atom stereocenters. The number of hydrogen-bond donors (Lipinski definition) is 0. The van der Waals surface area contributed by atoms with E-state index in [1.54, 1.807) is 73.4 Å². The normalized spacial score (nSPS) is 15.8. The Morgan fingerprint density at radius 2 is 1.29 bits per heavy atom. The molecule has 0 amide bonds. The van der Waals surface area contributed by atoms with Gasteiger partial charge in [0.2, 0.25) is 0 Å². The lowest BCUT2D eigenvalue weighted by atomic mass is 9.83. The van der Waals surface area contributed by atoms with Gasteiger partial charge in [0.05, 0.1) is 16.7 Å². The zero-order chi connectivity index (χ0) is 36.2. The largest absolute Gasteiger partial charge is 0.737 e. The van der Waals surface area contributed by atoms with Gasteiger partial charge < -0.3 is 17.6 Å². The maximum atomic E-state index is 18.1. The fourth-order valence-electron chi connectivity index (χ4n) is 7.14. The van der Waals surface area contributed by atoms with Gasteiger partial charge in [-0.2, -0.15) is 13.2 Å². The molecule has 1 aromatic carbocycles. The Bertz CT molecular complexity index is 2460. The molecule has 7 heterocycles. The van der Waals surface area contributed by atoms with Crippen molar-refractivity contribution in [3.8, 4) is 10.4 Å². The zero-order valence-corrected chi connectivity index (χ0v) is 29.4. The van der Waals surface area contributed by atoms with Gasteiger partial charge in [-0.15, -0.1) is 22.7 Å². The molecule has 0 aliphatic carbocycles. The number of allylic oxidation sites excluding steroid dienone is 3. The third-order valence-corrected chi connectivity index (χ3v) is 11.2. The molecule has 2 aliphatic rings. The second-order valence-corrected chi connectivity index (χ2v) is 14.3. The van der Waals surface area contributed by atoms with Gasteiger partial charge in [0, 0.05) is 63.1 Å². The van der Waals surface area contributed by atoms with Crippen LogP contribution in [-0.2, 0) is 6.18 Å². The van der Waals surface area contributed by atoms with Gasteiger partial charge in [-0.25, -0.2) is 0 Å². The van der Waals surface area contributed by atoms with Crippen molar-refractivity contribution in [1.82, 2.24) is 14.4 Å². The average Bonchev–Trinajstić information content (AvgIpc) is 3.95. The van der Waals surface area contributed by atoms with Crippen LogP contribution in [0.1, 0.15) is 51.0 Å². The molecule has 8 rings (SSSR count). The van der Waals surface area contributed by atoms with E-state index < -0.39 is 18.7 Å². The lowest BCUT2D eigenvalue weighted by Gasteiger charge is -2.34. The highest BCUT2D eigenvalue weighted by Crippen LogP contribution is 2.51. The highest BCUT2D eigenvalue weighted by molar-refractivity contribution is 7.13. The highest BCUT2D eigenvalue weighted by atomic mass is 32.1. The Labute approximate surface area is 304 Å². The average molecular weight is 735 g/mol. The van der Waals surface area contributed by atoms with E-state index in [-0.39, 0.29) is 11.4 Å². The first kappa shape index (κ1) is 33.7. The minimum Gasteiger partial charge on any atom is -0.389 e. The van der Waals surface area contributed by atoms with Crippen LogP contribution in [0, 0.1) is 6.92 Å². The summed E-state index contributed by atoms with van der Waals surface area (Å²) in [6.07, 6.45) is 8.94. The van der Waals surface area contributed by atoms with Gasteiger partial charge in [0.15, 0.2) is 11.4 Å². The molecule has 0 spiro atoms. The number of nitrogens with zero attached hydrogens (tertiary/aromatic N) is 4. The summed E-state index contributed by atoms with van der Waals surface area (Å²) in [5.41, 5.74) is 5.15. The van der Waals surface area contributed by atoms with E-state index in [4.69, 9.17) is 0 Å². The molecule has 0 saturated heterocycles. The molecule has 5 aromatic heterocycles. The van der Waals surface area contributed by atoms with Crippen LogP contribution in [0.15, 0.2) is 126 Å². The van der Waals surface area contributed by atoms with Gasteiger partial charge in [0.1, 0.15) is 0 Å². The predicted molar refractivity (Wildman–Crippen MR) is 202 cm³/mol. The van der Waals surface area contributed by atoms with Crippen molar-refractivity contribution in [2.45, 2.75) is 20.0 Å². The summed E-state index contributed by atoms with van der Waals surface area (Å²) in [6, 6.07) is 19.5. The van der Waals surface area contributed by atoms with E-state index >= 15 is 8.63 Å². The number of halogens is 5. The van der Waals surface area contributed by atoms with Crippen molar-refractivity contribution >= 4 is 64.7 Å². The fourth-order valence-corrected chi connectivity index (χ4v) is 8.82. The van der Waals surface area contributed by atoms with E-state index in [0.717, 1.165) is 42.0 Å². The van der Waals surface area contributed by atoms with Crippen molar-refractivity contribution in [3.05, 3.63) is 170 Å². The van der Waals surface area contributed by atoms with Crippen molar-refractivity contribution in [2.75, 3.05) is 0 Å². The summed E-state index contributed by atoms with van der Waals surface area (Å²) in [5, 5.41) is 3.79. The summed E-state index contributed by atoms with van der Waals surface area (Å²) in [6.45, 7) is -0.966. The van der Waals surface area contributed by atoms with Crippen LogP contribution in [0.5, 0.6) is 0 Å². The Kier molecular flexibility index (Phi) is 8.39. The first-order valence-electron chi connectivity index (χ1n) is 16.4. The molecular formula is C40H28BF5N4S2. The molecular weight excluding hydrogens is 706 g/mol. The summed E-state index contributed by atoms with van der Waals surface area (Å²) in [4.78, 5) is 9.77. The highest BCUT2D eigenvalue weighted by Gasteiger charge is 2.58. The molecule has 0 radical (unpaired) electrons. The monoisotopic (exact) mass is 734 g/mol. The molecule has 12 heteroatoms. The molecule has 258 valence electrons. The number of aromatic nitrogens is 3. The number of alkyl halides is 3. The number of pyridine rings is 2. The van der Waals surface area contributed by atoms with Crippen LogP contribution >= 0.6 is 22.7 Å². The number of fused-ring (bicyclic) bond motifs is 2. The van der Waals surface area contributed by atoms with Gasteiger partial charge in [0.25, 0.3) is 0 Å². The molecule has 0 fully saturated rings. The first-order chi connectivity index (χ1) is 25.1. The van der Waals surface area contributed by atoms with Crippen molar-refractivity contribution in [1.29, 1.82) is 0 Å². The molecule has 0 saturated carbocycles. The third-order valence-electron chi connectivity index (χ3n) is 9.38. The van der Waals surface area contributed by atoms with Crippen LogP contribution in [0.3, 0.4) is 0 Å². The number of thiophene rings is 2. The van der Waals surface area contributed by atoms with E-state index in [1.807, 2.05) is 48.9 Å². The number of hydrogen-bond acceptors (Lipinski definition) is 4. The third kappa shape index (κ3) is 5.62. The topological polar surface area (TPSA) is 33.7 Å². The lowest BCUT2D eigenvalue weighted by molar-refractivity contribution is -0.361. The molecule has 2 aliphatic heterocycles. The maximum absolute atomic E-state index is 18.1. The second-order valence-electron chi connectivity index (χ2n) is 12.4. The van der Waals surface area contributed by atoms with Gasteiger partial charge >= 0.3 is 13.1 Å². The van der Waals surface area contributed by atoms with E-state index in [9.17, 15) is 13.2 Å². The van der Waals surface area contributed by atoms with E-state index in [1.165, 1.54) is 34.8 Å². The van der Waals surface area contributed by atoms with Crippen LogP contribution < -0.4 is 0 Å². The van der Waals surface area contributed by atoms with Crippen LogP contribution in [0.4, 0.5) is 21.8 Å². The lowest BCUT2D eigenvalue weighted by Crippen LogP contribution is -2.51. The Morgan fingerprint density at radius 1 is 0.712 bits per heavy atom. The van der Waals surface area contributed by atoms with Crippen molar-refractivity contribution in [2.24, 2.45) is 0 Å². The van der Waals surface area contributed by atoms with Gasteiger partial charge in [-0.05, 0) is 108 Å². The summed E-state index contributed by atoms with van der Waals surface area (Å²) in [7, 11) is 0. The zero-order valence-electron chi connectivity index (χ0n) is 27.8. The maximum Gasteiger partial charge on any atom is 0.737 e. The van der Waals surface area contributed by atoms with Crippen LogP contribution in [0.2, 0.25) is 0 Å². The molecule has 6 aromatic rings. The predicted octanol–water partition coefficient (Wildman–Crippen LogP) is 11.2. The molecule has 52 heavy (non-hydrogen) atoms.